The fourth-order valence-corrected chi connectivity index (χ4v) is 16.0. The van der Waals surface area contributed by atoms with Gasteiger partial charge in [-0.05, 0) is 93.5 Å². The van der Waals surface area contributed by atoms with E-state index in [1.165, 1.54) is 4.90 Å². The predicted octanol–water partition coefficient (Wildman–Crippen LogP) is 13.9. The van der Waals surface area contributed by atoms with Gasteiger partial charge in [-0.1, -0.05) is 172 Å². The molecule has 8 aromatic carbocycles. The number of amides is 5. The topological polar surface area (TPSA) is 187 Å². The van der Waals surface area contributed by atoms with Crippen molar-refractivity contribution in [3.63, 3.8) is 0 Å². The molecule has 2 aliphatic heterocycles. The Bertz CT molecular complexity index is 4040. The normalized spacial score (nSPS) is 20.3. The lowest BCUT2D eigenvalue weighted by atomic mass is 9.34. The van der Waals surface area contributed by atoms with Gasteiger partial charge in [-0.25, -0.2) is 9.36 Å². The van der Waals surface area contributed by atoms with Gasteiger partial charge in [0.15, 0.2) is 0 Å². The summed E-state index contributed by atoms with van der Waals surface area (Å²) in [6.07, 6.45) is 0.0786. The number of halogens is 2. The molecule has 3 N–H and O–H groups in total. The third-order valence-electron chi connectivity index (χ3n) is 18.6. The number of phosphoric acid groups is 1. The van der Waals surface area contributed by atoms with E-state index >= 15 is 14.4 Å². The molecule has 4 atom stereocenters. The summed E-state index contributed by atoms with van der Waals surface area (Å²) in [5.74, 6) is -2.34. The average Bonchev–Trinajstić information content (AvgIpc) is 1.15. The number of ether oxygens (including phenoxy) is 1. The van der Waals surface area contributed by atoms with E-state index in [0.717, 1.165) is 55.3 Å². The number of nitrogens with zero attached hydrogens (tertiary/aromatic N) is 3. The van der Waals surface area contributed by atoms with E-state index < -0.39 is 54.6 Å². The van der Waals surface area contributed by atoms with Crippen molar-refractivity contribution in [2.75, 3.05) is 46.2 Å². The molecule has 88 heavy (non-hydrogen) atoms. The Kier molecular flexibility index (Phi) is 15.7. The molecule has 18 heteroatoms. The van der Waals surface area contributed by atoms with E-state index in [-0.39, 0.29) is 80.0 Å². The average molecular weight is 1240 g/mol. The number of anilines is 3. The number of primary amides is 1. The van der Waals surface area contributed by atoms with Crippen molar-refractivity contribution < 1.29 is 46.8 Å². The van der Waals surface area contributed by atoms with Crippen LogP contribution in [0.3, 0.4) is 0 Å². The van der Waals surface area contributed by atoms with Gasteiger partial charge in [-0.15, -0.1) is 23.2 Å². The van der Waals surface area contributed by atoms with Crippen molar-refractivity contribution in [3.05, 3.63) is 203 Å². The fourth-order valence-electron chi connectivity index (χ4n) is 14.3. The van der Waals surface area contributed by atoms with Crippen LogP contribution in [0.1, 0.15) is 91.2 Å². The molecule has 450 valence electrons. The smallest absolute Gasteiger partial charge is 0.449 e. The molecule has 8 aromatic rings. The van der Waals surface area contributed by atoms with Crippen LogP contribution in [0.5, 0.6) is 5.75 Å². The standard InChI is InChI=1S/C70H66Cl2N5O10P/c1-42(2)63(74-68(82)84-38-56-50-24-12-10-22-48(50)49-23-11-13-25-51(49)56)65(79)77(43(3)64(73)78)57-30-58-61(54-28-16-14-26-52(54)57)46(32-71)34-75(58)66(80)69-39-70(40-69,41-69)67(81)76-35-47(33-72)62-55-29-17-15-27-53(55)60(31-59(62)76)87-88(83,85-36-44-18-6-4-7-19-44)86-37-45-20-8-5-9-21-45/h4-31,42-43,46-47,56,63H,32-41H2,1-3H3,(H2,73,78)(H,74,82)/t43-,46+,47+,63-,69?,70?/m0/s1. The number of alkyl halides is 2. The number of carbonyl (C=O) groups excluding carboxylic acids is 5. The van der Waals surface area contributed by atoms with Crippen molar-refractivity contribution >= 4 is 99.4 Å². The van der Waals surface area contributed by atoms with Crippen LogP contribution in [0.4, 0.5) is 21.9 Å². The van der Waals surface area contributed by atoms with E-state index in [1.807, 2.05) is 146 Å². The SMILES string of the molecule is CC(C)[C@H](NC(=O)OCC1c2ccccc2-c2ccccc21)C(=O)N(c1cc2c(c3ccccc13)[C@H](CCl)CN2C(=O)C12CC(C(=O)N3C[C@@H](CCl)c4c3cc(OP(=O)(OCc3ccccc3)OCc3ccccc3)c3ccccc43)(C1)C2)[C@@H](C)C(N)=O. The molecule has 3 fully saturated rings. The molecule has 5 amide bonds. The molecule has 0 unspecified atom stereocenters. The zero-order chi connectivity index (χ0) is 61.2. The lowest BCUT2D eigenvalue weighted by Crippen LogP contribution is -2.73. The molecule has 3 saturated carbocycles. The number of nitrogens with one attached hydrogen (secondary N) is 1. The van der Waals surface area contributed by atoms with Gasteiger partial charge >= 0.3 is 13.9 Å². The molecule has 14 rings (SSSR count). The monoisotopic (exact) mass is 1240 g/mol. The number of rotatable bonds is 20. The van der Waals surface area contributed by atoms with Crippen molar-refractivity contribution in [3.8, 4) is 16.9 Å². The van der Waals surface area contributed by atoms with Gasteiger partial charge in [-0.3, -0.25) is 33.1 Å². The Labute approximate surface area is 520 Å². The third-order valence-corrected chi connectivity index (χ3v) is 20.6. The number of phosphoric ester groups is 1. The maximum Gasteiger partial charge on any atom is 0.530 e. The number of alkyl carbamates (subject to hydrolysis) is 1. The largest absolute Gasteiger partial charge is 0.530 e. The molecular formula is C70H66Cl2N5O10P. The van der Waals surface area contributed by atoms with Crippen molar-refractivity contribution in [1.82, 2.24) is 5.32 Å². The first kappa shape index (κ1) is 59.0. The van der Waals surface area contributed by atoms with Gasteiger partial charge in [0.25, 0.3) is 5.91 Å². The highest BCUT2D eigenvalue weighted by atomic mass is 35.5. The lowest BCUT2D eigenvalue weighted by Gasteiger charge is -2.69. The van der Waals surface area contributed by atoms with Crippen LogP contribution in [0.2, 0.25) is 0 Å². The van der Waals surface area contributed by atoms with Gasteiger partial charge in [0.2, 0.25) is 17.7 Å². The van der Waals surface area contributed by atoms with E-state index in [9.17, 15) is 14.2 Å². The summed E-state index contributed by atoms with van der Waals surface area (Å²) >= 11 is 13.6. The maximum absolute atomic E-state index is 15.5. The summed E-state index contributed by atoms with van der Waals surface area (Å²) in [7, 11) is -4.36. The highest BCUT2D eigenvalue weighted by molar-refractivity contribution is 7.48. The van der Waals surface area contributed by atoms with Crippen molar-refractivity contribution in [2.24, 2.45) is 22.5 Å². The molecule has 4 aliphatic carbocycles. The van der Waals surface area contributed by atoms with Crippen LogP contribution in [0, 0.1) is 16.7 Å². The summed E-state index contributed by atoms with van der Waals surface area (Å²) in [5.41, 5.74) is 13.2. The Morgan fingerprint density at radius 3 is 1.58 bits per heavy atom. The number of hydrogen-bond donors (Lipinski definition) is 2. The van der Waals surface area contributed by atoms with E-state index in [4.69, 9.17) is 47.2 Å². The predicted molar refractivity (Wildman–Crippen MR) is 342 cm³/mol. The van der Waals surface area contributed by atoms with Crippen molar-refractivity contribution in [2.45, 2.75) is 83.1 Å². The van der Waals surface area contributed by atoms with Gasteiger partial charge in [0, 0.05) is 65.1 Å². The van der Waals surface area contributed by atoms with Gasteiger partial charge in [-0.2, -0.15) is 0 Å². The molecule has 6 aliphatic rings. The van der Waals surface area contributed by atoms with Crippen LogP contribution in [-0.2, 0) is 50.7 Å². The van der Waals surface area contributed by atoms with Crippen molar-refractivity contribution in [1.29, 1.82) is 0 Å². The van der Waals surface area contributed by atoms with E-state index in [2.05, 4.69) is 17.4 Å². The molecule has 15 nitrogen and oxygen atoms in total. The lowest BCUT2D eigenvalue weighted by molar-refractivity contribution is -0.205. The molecule has 2 bridgehead atoms. The summed E-state index contributed by atoms with van der Waals surface area (Å²) in [5, 5.41) is 5.63. The minimum absolute atomic E-state index is 0.0241. The molecule has 0 saturated heterocycles. The number of benzene rings is 8. The van der Waals surface area contributed by atoms with E-state index in [0.29, 0.717) is 47.1 Å². The summed E-state index contributed by atoms with van der Waals surface area (Å²) in [6.45, 7) is 5.58. The Morgan fingerprint density at radius 2 is 1.08 bits per heavy atom. The number of hydrogen-bond acceptors (Lipinski definition) is 10. The first-order chi connectivity index (χ1) is 42.5. The van der Waals surface area contributed by atoms with Crippen LogP contribution in [0.25, 0.3) is 32.7 Å². The Balaban J connectivity index is 0.771. The second kappa shape index (κ2) is 23.5. The summed E-state index contributed by atoms with van der Waals surface area (Å²) < 4.78 is 39.4. The fraction of sp³-hybridized carbons (Fsp3) is 0.300. The minimum Gasteiger partial charge on any atom is -0.449 e. The van der Waals surface area contributed by atoms with Crippen LogP contribution in [0.15, 0.2) is 170 Å². The number of nitrogens with two attached hydrogens (primary N) is 1. The minimum atomic E-state index is -4.36. The second-order valence-electron chi connectivity index (χ2n) is 24.4. The van der Waals surface area contributed by atoms with Gasteiger partial charge in [0.1, 0.15) is 24.4 Å². The Hall–Kier alpha value is -8.04. The van der Waals surface area contributed by atoms with Gasteiger partial charge < -0.3 is 30.1 Å². The highest BCUT2D eigenvalue weighted by Crippen LogP contribution is 2.75. The highest BCUT2D eigenvalue weighted by Gasteiger charge is 2.76. The third kappa shape index (κ3) is 10.3. The summed E-state index contributed by atoms with van der Waals surface area (Å²) in [4.78, 5) is 78.3. The quantitative estimate of drug-likeness (QED) is 0.0549. The Morgan fingerprint density at radius 1 is 0.625 bits per heavy atom. The zero-order valence-electron chi connectivity index (χ0n) is 48.9. The van der Waals surface area contributed by atoms with Crippen LogP contribution < -0.4 is 30.3 Å². The molecule has 0 radical (unpaired) electrons. The maximum atomic E-state index is 15.5. The second-order valence-corrected chi connectivity index (χ2v) is 26.6. The molecule has 0 aromatic heterocycles. The molecule has 2 heterocycles. The summed E-state index contributed by atoms with van der Waals surface area (Å²) in [6, 6.07) is 50.9. The molecular weight excluding hydrogens is 1170 g/mol. The van der Waals surface area contributed by atoms with Crippen LogP contribution in [-0.4, -0.2) is 73.3 Å². The first-order valence-electron chi connectivity index (χ1n) is 29.8. The van der Waals surface area contributed by atoms with E-state index in [1.54, 1.807) is 42.7 Å². The van der Waals surface area contributed by atoms with Gasteiger partial charge in [0.05, 0.1) is 35.4 Å². The number of carbonyl (C=O) groups is 5. The molecule has 0 spiro atoms. The number of fused-ring (bicyclic) bond motifs is 9. The first-order valence-corrected chi connectivity index (χ1v) is 32.4. The zero-order valence-corrected chi connectivity index (χ0v) is 51.3. The van der Waals surface area contributed by atoms with Crippen LogP contribution >= 0.6 is 31.0 Å².